The van der Waals surface area contributed by atoms with Gasteiger partial charge in [0.05, 0.1) is 12.2 Å². The van der Waals surface area contributed by atoms with Crippen molar-refractivity contribution in [1.29, 1.82) is 0 Å². The highest BCUT2D eigenvalue weighted by Gasteiger charge is 2.35. The van der Waals surface area contributed by atoms with Gasteiger partial charge in [-0.05, 0) is 36.4 Å². The maximum Gasteiger partial charge on any atom is 0.294 e. The molecule has 1 aromatic heterocycles. The molecule has 8 heteroatoms. The molecule has 0 radical (unpaired) electrons. The van der Waals surface area contributed by atoms with Crippen LogP contribution in [0.3, 0.4) is 0 Å². The number of halogens is 1. The number of carbonyl (C=O) groups is 2. The number of furan rings is 1. The van der Waals surface area contributed by atoms with Gasteiger partial charge >= 0.3 is 0 Å². The number of hydrogen-bond donors (Lipinski definition) is 0. The molecule has 2 amide bonds. The molecule has 2 heterocycles. The number of fused-ring (bicyclic) bond motifs is 1. The number of anilines is 1. The highest BCUT2D eigenvalue weighted by molar-refractivity contribution is 6.06. The molecule has 4 rings (SSSR count). The number of para-hydroxylation sites is 3. The zero-order valence-corrected chi connectivity index (χ0v) is 17.1. The first-order chi connectivity index (χ1) is 14.9. The smallest absolute Gasteiger partial charge is 0.294 e. The molecular formula is C23H21FN2O5. The zero-order valence-electron chi connectivity index (χ0n) is 17.1. The van der Waals surface area contributed by atoms with E-state index in [0.29, 0.717) is 17.2 Å². The number of amides is 2. The van der Waals surface area contributed by atoms with Crippen molar-refractivity contribution in [2.75, 3.05) is 25.5 Å². The molecule has 2 aromatic carbocycles. The van der Waals surface area contributed by atoms with Gasteiger partial charge in [0.25, 0.3) is 11.8 Å². The maximum absolute atomic E-state index is 13.7. The van der Waals surface area contributed by atoms with Gasteiger partial charge in [0, 0.05) is 14.1 Å². The summed E-state index contributed by atoms with van der Waals surface area (Å²) in [5, 5.41) is 0. The molecule has 7 nitrogen and oxygen atoms in total. The average molecular weight is 424 g/mol. The third-order valence-corrected chi connectivity index (χ3v) is 4.81. The minimum atomic E-state index is -0.826. The zero-order chi connectivity index (χ0) is 22.0. The lowest BCUT2D eigenvalue weighted by Crippen LogP contribution is -2.50. The first kappa shape index (κ1) is 20.5. The molecule has 31 heavy (non-hydrogen) atoms. The topological polar surface area (TPSA) is 72.2 Å². The number of nitrogens with zero attached hydrogens (tertiary/aromatic N) is 2. The van der Waals surface area contributed by atoms with E-state index in [1.165, 1.54) is 28.0 Å². The van der Waals surface area contributed by atoms with Crippen molar-refractivity contribution in [2.45, 2.75) is 12.7 Å². The second kappa shape index (κ2) is 8.51. The van der Waals surface area contributed by atoms with Gasteiger partial charge in [-0.25, -0.2) is 4.39 Å². The lowest BCUT2D eigenvalue weighted by molar-refractivity contribution is -0.135. The predicted molar refractivity (Wildman–Crippen MR) is 111 cm³/mol. The number of hydrogen-bond acceptors (Lipinski definition) is 5. The fourth-order valence-corrected chi connectivity index (χ4v) is 3.26. The summed E-state index contributed by atoms with van der Waals surface area (Å²) in [7, 11) is 3.26. The fraction of sp³-hybridized carbons (Fsp3) is 0.217. The Hall–Kier alpha value is -3.81. The van der Waals surface area contributed by atoms with E-state index >= 15 is 0 Å². The van der Waals surface area contributed by atoms with E-state index in [9.17, 15) is 14.0 Å². The molecule has 0 fully saturated rings. The molecule has 0 aliphatic carbocycles. The highest BCUT2D eigenvalue weighted by Crippen LogP contribution is 2.34. The molecule has 1 aliphatic rings. The Kier molecular flexibility index (Phi) is 5.62. The van der Waals surface area contributed by atoms with Gasteiger partial charge in [-0.3, -0.25) is 14.5 Å². The van der Waals surface area contributed by atoms with E-state index in [1.54, 1.807) is 56.6 Å². The second-order valence-corrected chi connectivity index (χ2v) is 7.21. The molecule has 0 N–H and O–H groups in total. The first-order valence-electron chi connectivity index (χ1n) is 9.69. The third kappa shape index (κ3) is 4.23. The van der Waals surface area contributed by atoms with E-state index < -0.39 is 17.8 Å². The van der Waals surface area contributed by atoms with Gasteiger partial charge < -0.3 is 18.8 Å². The van der Waals surface area contributed by atoms with Crippen LogP contribution in [-0.4, -0.2) is 43.5 Å². The molecule has 0 saturated heterocycles. The van der Waals surface area contributed by atoms with Crippen molar-refractivity contribution < 1.29 is 27.9 Å². The monoisotopic (exact) mass is 424 g/mol. The number of benzene rings is 2. The Morgan fingerprint density at radius 1 is 1.10 bits per heavy atom. The quantitative estimate of drug-likeness (QED) is 0.627. The minimum absolute atomic E-state index is 0.0321. The summed E-state index contributed by atoms with van der Waals surface area (Å²) in [6.07, 6.45) is -0.826. The summed E-state index contributed by atoms with van der Waals surface area (Å²) in [6.45, 7) is 0.0181. The molecule has 0 bridgehead atoms. The minimum Gasteiger partial charge on any atom is -0.483 e. The van der Waals surface area contributed by atoms with Gasteiger partial charge in [0.1, 0.15) is 18.1 Å². The summed E-state index contributed by atoms with van der Waals surface area (Å²) in [5.41, 5.74) is 0.552. The van der Waals surface area contributed by atoms with Crippen molar-refractivity contribution in [1.82, 2.24) is 4.90 Å². The van der Waals surface area contributed by atoms with E-state index in [1.807, 2.05) is 0 Å². The van der Waals surface area contributed by atoms with Crippen molar-refractivity contribution in [2.24, 2.45) is 0 Å². The van der Waals surface area contributed by atoms with Crippen LogP contribution in [0, 0.1) is 5.82 Å². The van der Waals surface area contributed by atoms with Crippen LogP contribution < -0.4 is 14.4 Å². The van der Waals surface area contributed by atoms with Gasteiger partial charge in [-0.1, -0.05) is 24.3 Å². The van der Waals surface area contributed by atoms with Crippen LogP contribution in [0.25, 0.3) is 0 Å². The van der Waals surface area contributed by atoms with Gasteiger partial charge in [0.15, 0.2) is 23.4 Å². The predicted octanol–water partition coefficient (Wildman–Crippen LogP) is 3.49. The summed E-state index contributed by atoms with van der Waals surface area (Å²) in [5.74, 6) is -0.146. The highest BCUT2D eigenvalue weighted by atomic mass is 19.1. The standard InChI is InChI=1S/C23H21FN2O5/c1-25(2)22(27)21-13-26(17-8-4-6-10-19(17)31-21)23(28)20-12-11-15(30-20)14-29-18-9-5-3-7-16(18)24/h3-12,21H,13-14H2,1-2H3/t21-/m0/s1. The van der Waals surface area contributed by atoms with Crippen LogP contribution in [0.2, 0.25) is 0 Å². The van der Waals surface area contributed by atoms with Crippen molar-refractivity contribution in [3.05, 3.63) is 78.0 Å². The first-order valence-corrected chi connectivity index (χ1v) is 9.69. The molecule has 1 atom stereocenters. The number of carbonyl (C=O) groups excluding carboxylic acids is 2. The molecule has 1 aliphatic heterocycles. The Labute approximate surface area is 178 Å². The van der Waals surface area contributed by atoms with E-state index in [4.69, 9.17) is 13.9 Å². The fourth-order valence-electron chi connectivity index (χ4n) is 3.26. The van der Waals surface area contributed by atoms with Crippen molar-refractivity contribution in [3.63, 3.8) is 0 Å². The number of ether oxygens (including phenoxy) is 2. The average Bonchev–Trinajstić information content (AvgIpc) is 3.25. The van der Waals surface area contributed by atoms with Crippen LogP contribution in [-0.2, 0) is 11.4 Å². The maximum atomic E-state index is 13.7. The molecule has 160 valence electrons. The van der Waals surface area contributed by atoms with Crippen molar-refractivity contribution in [3.8, 4) is 11.5 Å². The molecule has 3 aromatic rings. The van der Waals surface area contributed by atoms with Crippen LogP contribution in [0.1, 0.15) is 16.3 Å². The Bertz CT molecular complexity index is 1110. The van der Waals surface area contributed by atoms with E-state index in [0.717, 1.165) is 0 Å². The second-order valence-electron chi connectivity index (χ2n) is 7.21. The summed E-state index contributed by atoms with van der Waals surface area (Å²) >= 11 is 0. The van der Waals surface area contributed by atoms with Crippen LogP contribution in [0.5, 0.6) is 11.5 Å². The van der Waals surface area contributed by atoms with Crippen LogP contribution in [0.15, 0.2) is 65.1 Å². The Morgan fingerprint density at radius 3 is 2.61 bits per heavy atom. The van der Waals surface area contributed by atoms with E-state index in [2.05, 4.69) is 0 Å². The SMILES string of the molecule is CN(C)C(=O)[C@@H]1CN(C(=O)c2ccc(COc3ccccc3F)o2)c2ccccc2O1. The molecule has 0 unspecified atom stereocenters. The number of rotatable bonds is 5. The van der Waals surface area contributed by atoms with E-state index in [-0.39, 0.29) is 30.6 Å². The number of likely N-dealkylation sites (N-methyl/N-ethyl adjacent to an activating group) is 1. The van der Waals surface area contributed by atoms with Gasteiger partial charge in [-0.15, -0.1) is 0 Å². The van der Waals surface area contributed by atoms with Crippen LogP contribution in [0.4, 0.5) is 10.1 Å². The Morgan fingerprint density at radius 2 is 1.84 bits per heavy atom. The summed E-state index contributed by atoms with van der Waals surface area (Å²) in [6, 6.07) is 16.2. The lowest BCUT2D eigenvalue weighted by atomic mass is 10.1. The molecular weight excluding hydrogens is 403 g/mol. The summed E-state index contributed by atoms with van der Waals surface area (Å²) in [4.78, 5) is 28.5. The van der Waals surface area contributed by atoms with Gasteiger partial charge in [0.2, 0.25) is 0 Å². The van der Waals surface area contributed by atoms with Crippen LogP contribution >= 0.6 is 0 Å². The Balaban J connectivity index is 1.53. The lowest BCUT2D eigenvalue weighted by Gasteiger charge is -2.34. The normalized spacial score (nSPS) is 15.1. The molecule has 0 saturated carbocycles. The third-order valence-electron chi connectivity index (χ3n) is 4.81. The van der Waals surface area contributed by atoms with Gasteiger partial charge in [-0.2, -0.15) is 0 Å². The molecule has 0 spiro atoms. The summed E-state index contributed by atoms with van der Waals surface area (Å²) < 4.78 is 30.6. The largest absolute Gasteiger partial charge is 0.483 e. The van der Waals surface area contributed by atoms with Crippen molar-refractivity contribution >= 4 is 17.5 Å².